The predicted octanol–water partition coefficient (Wildman–Crippen LogP) is 6.20. The summed E-state index contributed by atoms with van der Waals surface area (Å²) in [7, 11) is 0. The predicted molar refractivity (Wildman–Crippen MR) is 107 cm³/mol. The lowest BCUT2D eigenvalue weighted by atomic mass is 10.1. The second-order valence-electron chi connectivity index (χ2n) is 5.81. The number of carbonyl (C=O) groups excluding carboxylic acids is 1. The molecule has 0 bridgehead atoms. The molecule has 3 aromatic rings. The van der Waals surface area contributed by atoms with Gasteiger partial charge in [-0.15, -0.1) is 0 Å². The van der Waals surface area contributed by atoms with Crippen molar-refractivity contribution in [2.24, 2.45) is 0 Å². The van der Waals surface area contributed by atoms with Gasteiger partial charge in [0.15, 0.2) is 0 Å². The number of hydrogen-bond acceptors (Lipinski definition) is 3. The van der Waals surface area contributed by atoms with Gasteiger partial charge in [-0.2, -0.15) is 0 Å². The van der Waals surface area contributed by atoms with E-state index in [4.69, 9.17) is 16.3 Å². The first kappa shape index (κ1) is 18.6. The van der Waals surface area contributed by atoms with Crippen LogP contribution in [0.1, 0.15) is 17.5 Å². The molecule has 0 unspecified atom stereocenters. The smallest absolute Gasteiger partial charge is 0.120 e. The first-order valence-electron chi connectivity index (χ1n) is 8.41. The summed E-state index contributed by atoms with van der Waals surface area (Å²) in [5.74, 6) is 0.848. The van der Waals surface area contributed by atoms with Crippen LogP contribution in [0.15, 0.2) is 82.6 Å². The minimum absolute atomic E-state index is 0.497. The summed E-state index contributed by atoms with van der Waals surface area (Å²) in [6.07, 6.45) is 2.10. The average Bonchev–Trinajstić information content (AvgIpc) is 2.68. The van der Waals surface area contributed by atoms with Crippen molar-refractivity contribution < 1.29 is 9.53 Å². The van der Waals surface area contributed by atoms with Crippen molar-refractivity contribution >= 4 is 29.6 Å². The molecule has 0 amide bonds. The first-order valence-corrected chi connectivity index (χ1v) is 9.61. The highest BCUT2D eigenvalue weighted by molar-refractivity contribution is 7.99. The molecule has 132 valence electrons. The van der Waals surface area contributed by atoms with Crippen molar-refractivity contribution in [1.29, 1.82) is 0 Å². The molecule has 0 saturated heterocycles. The third kappa shape index (κ3) is 5.38. The van der Waals surface area contributed by atoms with Crippen molar-refractivity contribution in [3.8, 4) is 5.75 Å². The number of hydrogen-bond donors (Lipinski definition) is 0. The molecule has 0 saturated carbocycles. The summed E-state index contributed by atoms with van der Waals surface area (Å²) in [5, 5.41) is 0.708. The summed E-state index contributed by atoms with van der Waals surface area (Å²) >= 11 is 7.95. The second-order valence-corrected chi connectivity index (χ2v) is 7.36. The summed E-state index contributed by atoms with van der Waals surface area (Å²) in [6.45, 7) is 0.561. The van der Waals surface area contributed by atoms with Gasteiger partial charge in [0.1, 0.15) is 18.6 Å². The lowest BCUT2D eigenvalue weighted by molar-refractivity contribution is -0.107. The Morgan fingerprint density at radius 2 is 1.65 bits per heavy atom. The molecule has 3 aromatic carbocycles. The number of halogens is 1. The van der Waals surface area contributed by atoms with Gasteiger partial charge in [-0.3, -0.25) is 0 Å². The van der Waals surface area contributed by atoms with E-state index >= 15 is 0 Å². The molecule has 4 heteroatoms. The molecular formula is C22H19ClO2S. The summed E-state index contributed by atoms with van der Waals surface area (Å²) in [6, 6.07) is 24.1. The fourth-order valence-electron chi connectivity index (χ4n) is 2.49. The highest BCUT2D eigenvalue weighted by Gasteiger charge is 2.04. The van der Waals surface area contributed by atoms with Crippen LogP contribution >= 0.6 is 23.4 Å². The highest BCUT2D eigenvalue weighted by Crippen LogP contribution is 2.32. The number of rotatable bonds is 8. The third-order valence-electron chi connectivity index (χ3n) is 3.86. The Morgan fingerprint density at radius 1 is 0.923 bits per heavy atom. The molecular weight excluding hydrogens is 364 g/mol. The highest BCUT2D eigenvalue weighted by atomic mass is 35.5. The average molecular weight is 383 g/mol. The maximum Gasteiger partial charge on any atom is 0.120 e. The van der Waals surface area contributed by atoms with Gasteiger partial charge in [0.05, 0.1) is 0 Å². The van der Waals surface area contributed by atoms with E-state index in [1.54, 1.807) is 11.8 Å². The molecule has 0 N–H and O–H groups in total. The van der Waals surface area contributed by atoms with E-state index in [1.807, 2.05) is 72.8 Å². The van der Waals surface area contributed by atoms with Gasteiger partial charge in [0.2, 0.25) is 0 Å². The van der Waals surface area contributed by atoms with E-state index in [0.717, 1.165) is 33.0 Å². The van der Waals surface area contributed by atoms with Crippen LogP contribution in [0.25, 0.3) is 0 Å². The van der Waals surface area contributed by atoms with Crippen molar-refractivity contribution in [3.63, 3.8) is 0 Å². The Labute approximate surface area is 163 Å². The number of carbonyl (C=O) groups is 1. The quantitative estimate of drug-likeness (QED) is 0.434. The number of aryl methyl sites for hydroxylation is 1. The molecule has 26 heavy (non-hydrogen) atoms. The molecule has 0 aromatic heterocycles. The first-order chi connectivity index (χ1) is 12.7. The molecule has 0 aliphatic carbocycles. The number of ether oxygens (including phenoxy) is 1. The van der Waals surface area contributed by atoms with Crippen LogP contribution < -0.4 is 4.74 Å². The van der Waals surface area contributed by atoms with Gasteiger partial charge in [0, 0.05) is 21.2 Å². The van der Waals surface area contributed by atoms with Crippen molar-refractivity contribution in [2.75, 3.05) is 0 Å². The normalized spacial score (nSPS) is 10.5. The molecule has 3 rings (SSSR count). The van der Waals surface area contributed by atoms with Gasteiger partial charge in [-0.25, -0.2) is 0 Å². The molecule has 0 fully saturated rings. The summed E-state index contributed by atoms with van der Waals surface area (Å²) in [4.78, 5) is 12.7. The number of aldehydes is 1. The van der Waals surface area contributed by atoms with E-state index in [9.17, 15) is 4.79 Å². The molecule has 0 radical (unpaired) electrons. The van der Waals surface area contributed by atoms with Crippen LogP contribution in [0.5, 0.6) is 5.75 Å². The molecule has 0 aliphatic rings. The van der Waals surface area contributed by atoms with Gasteiger partial charge < -0.3 is 9.53 Å². The van der Waals surface area contributed by atoms with Crippen molar-refractivity contribution in [1.82, 2.24) is 0 Å². The van der Waals surface area contributed by atoms with Crippen LogP contribution in [0.3, 0.4) is 0 Å². The topological polar surface area (TPSA) is 26.3 Å². The monoisotopic (exact) mass is 382 g/mol. The maximum absolute atomic E-state index is 10.5. The van der Waals surface area contributed by atoms with E-state index in [0.29, 0.717) is 24.5 Å². The summed E-state index contributed by atoms with van der Waals surface area (Å²) in [5.41, 5.74) is 2.16. The lowest BCUT2D eigenvalue weighted by Gasteiger charge is -2.08. The maximum atomic E-state index is 10.5. The Hall–Kier alpha value is -2.23. The molecule has 0 heterocycles. The van der Waals surface area contributed by atoms with Crippen LogP contribution in [-0.2, 0) is 17.8 Å². The molecule has 0 spiro atoms. The lowest BCUT2D eigenvalue weighted by Crippen LogP contribution is -1.94. The van der Waals surface area contributed by atoms with Crippen LogP contribution in [0.2, 0.25) is 5.02 Å². The second kappa shape index (κ2) is 9.46. The molecule has 0 aliphatic heterocycles. The minimum atomic E-state index is 0.497. The molecule has 2 nitrogen and oxygen atoms in total. The fourth-order valence-corrected chi connectivity index (χ4v) is 3.69. The van der Waals surface area contributed by atoms with Gasteiger partial charge in [0.25, 0.3) is 0 Å². The largest absolute Gasteiger partial charge is 0.489 e. The van der Waals surface area contributed by atoms with Gasteiger partial charge >= 0.3 is 0 Å². The minimum Gasteiger partial charge on any atom is -0.489 e. The number of benzene rings is 3. The zero-order valence-corrected chi connectivity index (χ0v) is 15.8. The fraction of sp³-hybridized carbons (Fsp3) is 0.136. The zero-order valence-electron chi connectivity index (χ0n) is 14.2. The van der Waals surface area contributed by atoms with Crippen LogP contribution in [0.4, 0.5) is 0 Å². The van der Waals surface area contributed by atoms with E-state index < -0.39 is 0 Å². The SMILES string of the molecule is O=CCCc1ccc(Sc2ccc(OCc3ccccc3)cc2)cc1Cl. The summed E-state index contributed by atoms with van der Waals surface area (Å²) < 4.78 is 5.81. The van der Waals surface area contributed by atoms with Crippen LogP contribution in [0, 0.1) is 0 Å². The van der Waals surface area contributed by atoms with Crippen molar-refractivity contribution in [3.05, 3.63) is 88.9 Å². The van der Waals surface area contributed by atoms with E-state index in [-0.39, 0.29) is 0 Å². The van der Waals surface area contributed by atoms with E-state index in [2.05, 4.69) is 0 Å². The van der Waals surface area contributed by atoms with Gasteiger partial charge in [-0.1, -0.05) is 59.8 Å². The zero-order chi connectivity index (χ0) is 18.2. The van der Waals surface area contributed by atoms with Gasteiger partial charge in [-0.05, 0) is 53.9 Å². The standard InChI is InChI=1S/C22H19ClO2S/c23-22-15-21(11-8-18(22)7-4-14-24)26-20-12-9-19(10-13-20)25-16-17-5-2-1-3-6-17/h1-3,5-6,8-15H,4,7,16H2. The Morgan fingerprint density at radius 3 is 2.35 bits per heavy atom. The third-order valence-corrected chi connectivity index (χ3v) is 5.21. The molecule has 0 atom stereocenters. The van der Waals surface area contributed by atoms with Crippen LogP contribution in [-0.4, -0.2) is 6.29 Å². The Bertz CT molecular complexity index is 848. The van der Waals surface area contributed by atoms with Crippen molar-refractivity contribution in [2.45, 2.75) is 29.2 Å². The Balaban J connectivity index is 1.58. The van der Waals surface area contributed by atoms with E-state index in [1.165, 1.54) is 0 Å². The Kier molecular flexibility index (Phi) is 6.75.